The summed E-state index contributed by atoms with van der Waals surface area (Å²) in [6.45, 7) is 4.50. The second-order valence-corrected chi connectivity index (χ2v) is 7.66. The van der Waals surface area contributed by atoms with E-state index >= 15 is 0 Å². The second kappa shape index (κ2) is 8.01. The van der Waals surface area contributed by atoms with Crippen LogP contribution in [0.3, 0.4) is 0 Å². The number of piperazine rings is 1. The van der Waals surface area contributed by atoms with E-state index in [1.807, 2.05) is 0 Å². The van der Waals surface area contributed by atoms with Crippen LogP contribution in [0.4, 0.5) is 13.2 Å². The molecule has 1 heterocycles. The second-order valence-electron chi connectivity index (χ2n) is 5.48. The Balaban J connectivity index is 1.95. The maximum Gasteiger partial charge on any atom is 0.417 e. The molecule has 136 valence electrons. The molecule has 0 radical (unpaired) electrons. The lowest BCUT2D eigenvalue weighted by Crippen LogP contribution is -2.44. The molecular weight excluding hydrogens is 367 g/mol. The first kappa shape index (κ1) is 19.5. The van der Waals surface area contributed by atoms with Crippen LogP contribution in [0.15, 0.2) is 23.1 Å². The minimum absolute atomic E-state index is 0.163. The van der Waals surface area contributed by atoms with E-state index < -0.39 is 31.7 Å². The number of alkyl halides is 3. The highest BCUT2D eigenvalue weighted by atomic mass is 35.5. The van der Waals surface area contributed by atoms with Crippen molar-refractivity contribution in [3.8, 4) is 0 Å². The maximum absolute atomic E-state index is 12.8. The first-order chi connectivity index (χ1) is 11.2. The highest BCUT2D eigenvalue weighted by Gasteiger charge is 2.34. The van der Waals surface area contributed by atoms with Gasteiger partial charge < -0.3 is 10.2 Å². The minimum Gasteiger partial charge on any atom is -0.314 e. The van der Waals surface area contributed by atoms with Crippen molar-refractivity contribution in [2.45, 2.75) is 17.5 Å². The Morgan fingerprint density at radius 2 is 1.92 bits per heavy atom. The van der Waals surface area contributed by atoms with Crippen LogP contribution in [0.2, 0.25) is 5.02 Å². The Hall–Kier alpha value is -0.870. The predicted molar refractivity (Wildman–Crippen MR) is 85.6 cm³/mol. The molecular formula is C14H19ClF3N3O2S. The third kappa shape index (κ3) is 5.32. The Bertz CT molecular complexity index is 662. The zero-order valence-electron chi connectivity index (χ0n) is 12.9. The fourth-order valence-corrected chi connectivity index (χ4v) is 3.74. The molecule has 1 fully saturated rings. The maximum atomic E-state index is 12.8. The van der Waals surface area contributed by atoms with Gasteiger partial charge >= 0.3 is 6.18 Å². The highest BCUT2D eigenvalue weighted by Crippen LogP contribution is 2.35. The average Bonchev–Trinajstić information content (AvgIpc) is 2.52. The molecule has 0 amide bonds. The molecule has 10 heteroatoms. The van der Waals surface area contributed by atoms with Gasteiger partial charge in [0.25, 0.3) is 0 Å². The zero-order valence-corrected chi connectivity index (χ0v) is 14.4. The lowest BCUT2D eigenvalue weighted by atomic mass is 10.2. The van der Waals surface area contributed by atoms with Gasteiger partial charge in [0.15, 0.2) is 0 Å². The van der Waals surface area contributed by atoms with E-state index in [0.717, 1.165) is 44.9 Å². The van der Waals surface area contributed by atoms with Crippen molar-refractivity contribution >= 4 is 21.6 Å². The van der Waals surface area contributed by atoms with Gasteiger partial charge in [-0.1, -0.05) is 11.6 Å². The fraction of sp³-hybridized carbons (Fsp3) is 0.571. The van der Waals surface area contributed by atoms with Crippen LogP contribution >= 0.6 is 11.6 Å². The molecule has 2 rings (SSSR count). The van der Waals surface area contributed by atoms with Crippen LogP contribution in [0, 0.1) is 0 Å². The molecule has 0 bridgehead atoms. The minimum atomic E-state index is -4.70. The summed E-state index contributed by atoms with van der Waals surface area (Å²) in [6.07, 6.45) is -4.12. The van der Waals surface area contributed by atoms with Crippen LogP contribution in [0.5, 0.6) is 0 Å². The van der Waals surface area contributed by atoms with Gasteiger partial charge in [0, 0.05) is 32.7 Å². The summed E-state index contributed by atoms with van der Waals surface area (Å²) < 4.78 is 65.0. The van der Waals surface area contributed by atoms with Gasteiger partial charge in [-0.3, -0.25) is 0 Å². The zero-order chi connectivity index (χ0) is 17.8. The van der Waals surface area contributed by atoms with Crippen molar-refractivity contribution in [1.82, 2.24) is 14.9 Å². The quantitative estimate of drug-likeness (QED) is 0.735. The van der Waals surface area contributed by atoms with Crippen molar-refractivity contribution < 1.29 is 21.6 Å². The summed E-state index contributed by atoms with van der Waals surface area (Å²) >= 11 is 5.50. The number of hydrogen-bond acceptors (Lipinski definition) is 4. The molecule has 0 aromatic heterocycles. The van der Waals surface area contributed by atoms with Gasteiger partial charge in [0.1, 0.15) is 0 Å². The molecule has 2 N–H and O–H groups in total. The van der Waals surface area contributed by atoms with E-state index in [1.54, 1.807) is 0 Å². The smallest absolute Gasteiger partial charge is 0.314 e. The number of nitrogens with one attached hydrogen (secondary N) is 2. The number of halogens is 4. The number of nitrogens with zero attached hydrogens (tertiary/aromatic N) is 1. The lowest BCUT2D eigenvalue weighted by Gasteiger charge is -2.27. The number of benzene rings is 1. The van der Waals surface area contributed by atoms with Crippen LogP contribution in [0.25, 0.3) is 0 Å². The standard InChI is InChI=1S/C14H19ClF3N3O2S/c15-13-3-2-11(10-12(13)14(16,17)18)24(22,23)20-4-1-7-21-8-5-19-6-9-21/h2-3,10,19-20H,1,4-9H2. The average molecular weight is 386 g/mol. The lowest BCUT2D eigenvalue weighted by molar-refractivity contribution is -0.137. The van der Waals surface area contributed by atoms with Crippen LogP contribution < -0.4 is 10.0 Å². The van der Waals surface area contributed by atoms with Crippen molar-refractivity contribution in [3.05, 3.63) is 28.8 Å². The summed E-state index contributed by atoms with van der Waals surface area (Å²) in [7, 11) is -4.00. The SMILES string of the molecule is O=S(=O)(NCCCN1CCNCC1)c1ccc(Cl)c(C(F)(F)F)c1. The van der Waals surface area contributed by atoms with Crippen LogP contribution in [-0.2, 0) is 16.2 Å². The van der Waals surface area contributed by atoms with Crippen LogP contribution in [-0.4, -0.2) is 52.6 Å². The molecule has 1 saturated heterocycles. The Kier molecular flexibility index (Phi) is 6.49. The molecule has 0 saturated carbocycles. The van der Waals surface area contributed by atoms with Gasteiger partial charge in [-0.15, -0.1) is 0 Å². The highest BCUT2D eigenvalue weighted by molar-refractivity contribution is 7.89. The third-order valence-electron chi connectivity index (χ3n) is 3.71. The van der Waals surface area contributed by atoms with Gasteiger partial charge in [-0.2, -0.15) is 13.2 Å². The topological polar surface area (TPSA) is 61.4 Å². The normalized spacial score (nSPS) is 17.2. The molecule has 0 atom stereocenters. The molecule has 1 aliphatic rings. The van der Waals surface area contributed by atoms with Gasteiger partial charge in [0.2, 0.25) is 10.0 Å². The van der Waals surface area contributed by atoms with Crippen molar-refractivity contribution in [2.24, 2.45) is 0 Å². The van der Waals surface area contributed by atoms with Crippen molar-refractivity contribution in [3.63, 3.8) is 0 Å². The Labute approximate surface area is 144 Å². The third-order valence-corrected chi connectivity index (χ3v) is 5.49. The van der Waals surface area contributed by atoms with E-state index in [-0.39, 0.29) is 6.54 Å². The molecule has 1 aromatic rings. The van der Waals surface area contributed by atoms with E-state index in [2.05, 4.69) is 14.9 Å². The molecule has 0 unspecified atom stereocenters. The predicted octanol–water partition coefficient (Wildman–Crippen LogP) is 1.93. The monoisotopic (exact) mass is 385 g/mol. The molecule has 24 heavy (non-hydrogen) atoms. The first-order valence-electron chi connectivity index (χ1n) is 7.49. The summed E-state index contributed by atoms with van der Waals surface area (Å²) in [5, 5.41) is 2.69. The number of hydrogen-bond donors (Lipinski definition) is 2. The first-order valence-corrected chi connectivity index (χ1v) is 9.36. The van der Waals surface area contributed by atoms with Gasteiger partial charge in [-0.25, -0.2) is 13.1 Å². The van der Waals surface area contributed by atoms with E-state index in [0.29, 0.717) is 12.5 Å². The molecule has 5 nitrogen and oxygen atoms in total. The molecule has 1 aliphatic heterocycles. The largest absolute Gasteiger partial charge is 0.417 e. The molecule has 0 spiro atoms. The summed E-state index contributed by atoms with van der Waals surface area (Å²) in [5.41, 5.74) is -1.16. The molecule has 0 aliphatic carbocycles. The molecule has 1 aromatic carbocycles. The van der Waals surface area contributed by atoms with Gasteiger partial charge in [0.05, 0.1) is 15.5 Å². The summed E-state index contributed by atoms with van der Waals surface area (Å²) in [6, 6.07) is 2.57. The fourth-order valence-electron chi connectivity index (χ4n) is 2.42. The van der Waals surface area contributed by atoms with E-state index in [1.165, 1.54) is 0 Å². The summed E-state index contributed by atoms with van der Waals surface area (Å²) in [4.78, 5) is 1.76. The van der Waals surface area contributed by atoms with Crippen molar-refractivity contribution in [2.75, 3.05) is 39.3 Å². The van der Waals surface area contributed by atoms with E-state index in [4.69, 9.17) is 11.6 Å². The summed E-state index contributed by atoms with van der Waals surface area (Å²) in [5.74, 6) is 0. The van der Waals surface area contributed by atoms with Gasteiger partial charge in [-0.05, 0) is 31.2 Å². The Morgan fingerprint density at radius 1 is 1.25 bits per heavy atom. The van der Waals surface area contributed by atoms with Crippen molar-refractivity contribution in [1.29, 1.82) is 0 Å². The number of sulfonamides is 1. The van der Waals surface area contributed by atoms with Crippen LogP contribution in [0.1, 0.15) is 12.0 Å². The van der Waals surface area contributed by atoms with E-state index in [9.17, 15) is 21.6 Å². The number of rotatable bonds is 6. The Morgan fingerprint density at radius 3 is 2.54 bits per heavy atom.